The molecule has 0 radical (unpaired) electrons. The maximum Gasteiger partial charge on any atom is 0.310 e. The first-order valence-electron chi connectivity index (χ1n) is 23.8. The van der Waals surface area contributed by atoms with E-state index in [1.54, 1.807) is 22.8 Å². The van der Waals surface area contributed by atoms with Gasteiger partial charge in [-0.1, -0.05) is 100 Å². The lowest BCUT2D eigenvalue weighted by Crippen LogP contribution is -2.24. The number of ether oxygens (including phenoxy) is 5. The minimum Gasteiger partial charge on any atom is -0.493 e. The molecule has 1 N–H and O–H groups in total. The summed E-state index contributed by atoms with van der Waals surface area (Å²) in [5.41, 5.74) is 7.76. The number of anilines is 2. The Hall–Kier alpha value is -7.08. The molecule has 0 bridgehead atoms. The number of carbonyl (C=O) groups excluding carboxylic acids is 3. The van der Waals surface area contributed by atoms with Crippen LogP contribution in [-0.4, -0.2) is 61.9 Å². The van der Waals surface area contributed by atoms with Gasteiger partial charge in [0.2, 0.25) is 0 Å². The molecule has 0 aromatic heterocycles. The number of esters is 1. The summed E-state index contributed by atoms with van der Waals surface area (Å²) in [5.74, 6) is 1.37. The van der Waals surface area contributed by atoms with Crippen LogP contribution in [0.4, 0.5) is 11.4 Å². The van der Waals surface area contributed by atoms with Crippen LogP contribution in [0.2, 0.25) is 0 Å². The molecule has 12 nitrogen and oxygen atoms in total. The SMILES string of the molecule is CCCOc1c2c(c(OCCC)c3ccccc13)C(=O)N(c1ccc(CC(=O)O)cc1C)C2.CCCOc1c2c(c(OCCC)c3ccccc13)C(=O)N(c1ccc(CC(=O)OCC)cc1C)C2. The van der Waals surface area contributed by atoms with E-state index in [1.165, 1.54) is 0 Å². The average Bonchev–Trinajstić information content (AvgIpc) is 3.84. The molecule has 2 aliphatic heterocycles. The minimum atomic E-state index is -0.881. The number of aryl methyl sites for hydroxylation is 2. The molecule has 0 spiro atoms. The first-order chi connectivity index (χ1) is 32.9. The molecule has 12 heteroatoms. The van der Waals surface area contributed by atoms with Crippen LogP contribution in [0.15, 0.2) is 84.9 Å². The molecule has 6 aromatic rings. The topological polar surface area (TPSA) is 141 Å². The van der Waals surface area contributed by atoms with Crippen molar-refractivity contribution in [2.24, 2.45) is 0 Å². The molecule has 0 atom stereocenters. The molecule has 2 amide bonds. The largest absolute Gasteiger partial charge is 0.493 e. The van der Waals surface area contributed by atoms with Crippen LogP contribution >= 0.6 is 0 Å². The van der Waals surface area contributed by atoms with E-state index in [0.717, 1.165) is 97.9 Å². The summed E-state index contributed by atoms with van der Waals surface area (Å²) < 4.78 is 29.8. The number of carbonyl (C=O) groups is 4. The van der Waals surface area contributed by atoms with Crippen molar-refractivity contribution in [2.75, 3.05) is 42.8 Å². The fraction of sp³-hybridized carbons (Fsp3) is 0.357. The fourth-order valence-electron chi connectivity index (χ4n) is 8.99. The third-order valence-corrected chi connectivity index (χ3v) is 11.9. The van der Waals surface area contributed by atoms with Gasteiger partial charge in [0.25, 0.3) is 11.8 Å². The Morgan fingerprint density at radius 3 is 1.25 bits per heavy atom. The molecule has 0 aliphatic carbocycles. The quantitative estimate of drug-likeness (QED) is 0.0780. The van der Waals surface area contributed by atoms with Gasteiger partial charge in [0.1, 0.15) is 23.0 Å². The van der Waals surface area contributed by atoms with E-state index in [4.69, 9.17) is 28.8 Å². The number of aliphatic carboxylic acids is 1. The number of carboxylic acid groups (broad SMARTS) is 1. The molecule has 0 fully saturated rings. The standard InChI is InChI=1S/C29H33NO5.C27H29NO5/c1-5-14-34-27-21-10-8-9-11-22(21)28(35-15-6-2)26-23(27)18-30(29(26)32)24-13-12-20(16-19(24)4)17-25(31)33-7-3;1-4-12-32-25-19-8-6-7-9-20(19)26(33-13-5-2)24-21(25)16-28(27(24)31)22-11-10-18(14-17(22)3)15-23(29)30/h8-13,16H,5-7,14-15,17-18H2,1-4H3;6-11,14H,4-5,12-13,15-16H2,1-3H3,(H,29,30). The maximum atomic E-state index is 13.9. The van der Waals surface area contributed by atoms with Gasteiger partial charge in [0.15, 0.2) is 0 Å². The second-order valence-corrected chi connectivity index (χ2v) is 17.1. The number of hydrogen-bond acceptors (Lipinski definition) is 9. The van der Waals surface area contributed by atoms with Crippen molar-refractivity contribution in [2.45, 2.75) is 100 Å². The summed E-state index contributed by atoms with van der Waals surface area (Å²) in [6.07, 6.45) is 3.56. The predicted molar refractivity (Wildman–Crippen MR) is 266 cm³/mol. The maximum absolute atomic E-state index is 13.9. The van der Waals surface area contributed by atoms with Crippen molar-refractivity contribution < 1.29 is 48.0 Å². The molecular formula is C56H62N2O10. The van der Waals surface area contributed by atoms with Gasteiger partial charge in [0.05, 0.1) is 70.1 Å². The molecule has 0 unspecified atom stereocenters. The lowest BCUT2D eigenvalue weighted by atomic mass is 9.99. The van der Waals surface area contributed by atoms with Crippen molar-refractivity contribution in [3.05, 3.63) is 129 Å². The zero-order valence-electron chi connectivity index (χ0n) is 40.3. The van der Waals surface area contributed by atoms with Crippen LogP contribution in [-0.2, 0) is 40.3 Å². The van der Waals surface area contributed by atoms with Crippen LogP contribution in [0.25, 0.3) is 21.5 Å². The molecule has 0 saturated heterocycles. The van der Waals surface area contributed by atoms with Gasteiger partial charge in [-0.15, -0.1) is 0 Å². The molecule has 8 rings (SSSR count). The van der Waals surface area contributed by atoms with Gasteiger partial charge in [-0.25, -0.2) is 0 Å². The number of amides is 2. The van der Waals surface area contributed by atoms with Crippen LogP contribution < -0.4 is 28.7 Å². The summed E-state index contributed by atoms with van der Waals surface area (Å²) in [6.45, 7) is 17.2. The first-order valence-corrected chi connectivity index (χ1v) is 23.8. The third-order valence-electron chi connectivity index (χ3n) is 11.9. The van der Waals surface area contributed by atoms with Crippen molar-refractivity contribution in [3.63, 3.8) is 0 Å². The Labute approximate surface area is 398 Å². The lowest BCUT2D eigenvalue weighted by molar-refractivity contribution is -0.142. The van der Waals surface area contributed by atoms with Crippen LogP contribution in [0, 0.1) is 13.8 Å². The Bertz CT molecular complexity index is 2850. The van der Waals surface area contributed by atoms with Crippen molar-refractivity contribution in [3.8, 4) is 23.0 Å². The lowest BCUT2D eigenvalue weighted by Gasteiger charge is -2.19. The number of fused-ring (bicyclic) bond motifs is 4. The van der Waals surface area contributed by atoms with Crippen molar-refractivity contribution >= 4 is 56.7 Å². The second kappa shape index (κ2) is 22.1. The first kappa shape index (κ1) is 48.8. The van der Waals surface area contributed by atoms with Gasteiger partial charge in [-0.2, -0.15) is 0 Å². The van der Waals surface area contributed by atoms with E-state index >= 15 is 0 Å². The summed E-state index contributed by atoms with van der Waals surface area (Å²) in [4.78, 5) is 54.2. The summed E-state index contributed by atoms with van der Waals surface area (Å²) in [6, 6.07) is 27.0. The number of rotatable bonds is 19. The van der Waals surface area contributed by atoms with Crippen LogP contribution in [0.1, 0.15) is 114 Å². The highest BCUT2D eigenvalue weighted by Gasteiger charge is 2.39. The van der Waals surface area contributed by atoms with E-state index in [-0.39, 0.29) is 30.6 Å². The number of carboxylic acids is 1. The van der Waals surface area contributed by atoms with Gasteiger partial charge < -0.3 is 38.6 Å². The highest BCUT2D eigenvalue weighted by molar-refractivity contribution is 6.18. The number of nitrogens with zero attached hydrogens (tertiary/aromatic N) is 2. The van der Waals surface area contributed by atoms with Crippen molar-refractivity contribution in [1.82, 2.24) is 0 Å². The predicted octanol–water partition coefficient (Wildman–Crippen LogP) is 11.5. The molecule has 68 heavy (non-hydrogen) atoms. The molecule has 2 heterocycles. The van der Waals surface area contributed by atoms with Crippen molar-refractivity contribution in [1.29, 1.82) is 0 Å². The molecule has 0 saturated carbocycles. The molecular weight excluding hydrogens is 861 g/mol. The van der Waals surface area contributed by atoms with Gasteiger partial charge in [-0.05, 0) is 80.8 Å². The highest BCUT2D eigenvalue weighted by Crippen LogP contribution is 2.48. The summed E-state index contributed by atoms with van der Waals surface area (Å²) in [7, 11) is 0. The van der Waals surface area contributed by atoms with Crippen LogP contribution in [0.3, 0.4) is 0 Å². The average molecular weight is 923 g/mol. The van der Waals surface area contributed by atoms with Gasteiger partial charge in [0, 0.05) is 44.0 Å². The van der Waals surface area contributed by atoms with E-state index in [1.807, 2.05) is 99.6 Å². The number of hydrogen-bond donors (Lipinski definition) is 1. The van der Waals surface area contributed by atoms with E-state index in [2.05, 4.69) is 20.8 Å². The van der Waals surface area contributed by atoms with Gasteiger partial charge in [-0.3, -0.25) is 19.2 Å². The Morgan fingerprint density at radius 1 is 0.529 bits per heavy atom. The van der Waals surface area contributed by atoms with Gasteiger partial charge >= 0.3 is 11.9 Å². The van der Waals surface area contributed by atoms with Crippen LogP contribution in [0.5, 0.6) is 23.0 Å². The monoisotopic (exact) mass is 922 g/mol. The molecule has 2 aliphatic rings. The highest BCUT2D eigenvalue weighted by atomic mass is 16.5. The van der Waals surface area contributed by atoms with E-state index in [9.17, 15) is 19.2 Å². The molecule has 356 valence electrons. The smallest absolute Gasteiger partial charge is 0.310 e. The summed E-state index contributed by atoms with van der Waals surface area (Å²) >= 11 is 0. The van der Waals surface area contributed by atoms with E-state index in [0.29, 0.717) is 74.3 Å². The van der Waals surface area contributed by atoms with E-state index < -0.39 is 5.97 Å². The minimum absolute atomic E-state index is 0.0509. The Kier molecular flexibility index (Phi) is 15.9. The third kappa shape index (κ3) is 10.1. The summed E-state index contributed by atoms with van der Waals surface area (Å²) in [5, 5.41) is 12.8. The second-order valence-electron chi connectivity index (χ2n) is 17.1. The fourth-order valence-corrected chi connectivity index (χ4v) is 8.99. The zero-order valence-corrected chi connectivity index (χ0v) is 40.3. The zero-order chi connectivity index (χ0) is 48.5. The Morgan fingerprint density at radius 2 is 0.897 bits per heavy atom. The Balaban J connectivity index is 0.000000202. The normalized spacial score (nSPS) is 12.8. The number of benzene rings is 6. The molecule has 6 aromatic carbocycles.